The van der Waals surface area contributed by atoms with Crippen LogP contribution in [0.3, 0.4) is 0 Å². The first kappa shape index (κ1) is 14.5. The Kier molecular flexibility index (Phi) is 4.04. The van der Waals surface area contributed by atoms with Gasteiger partial charge in [-0.15, -0.1) is 0 Å². The number of ether oxygens (including phenoxy) is 1. The number of hydrogen-bond donors (Lipinski definition) is 2. The van der Waals surface area contributed by atoms with Crippen molar-refractivity contribution >= 4 is 11.6 Å². The number of pyridine rings is 1. The molecule has 2 atom stereocenters. The third-order valence-corrected chi connectivity index (χ3v) is 3.70. The minimum atomic E-state index is -0.323. The normalized spacial score (nSPS) is 20.8. The van der Waals surface area contributed by atoms with Crippen molar-refractivity contribution in [3.05, 3.63) is 59.0 Å². The van der Waals surface area contributed by atoms with Gasteiger partial charge in [-0.3, -0.25) is 14.2 Å². The van der Waals surface area contributed by atoms with Gasteiger partial charge in [-0.1, -0.05) is 6.07 Å². The molecule has 1 saturated heterocycles. The number of aromatic nitrogens is 1. The Morgan fingerprint density at radius 2 is 1.95 bits per heavy atom. The molecule has 114 valence electrons. The molecular weight excluding hydrogens is 282 g/mol. The number of nitrogens with two attached hydrogens (primary N) is 1. The fraction of sp³-hybridized carbons (Fsp3) is 0.250. The number of nitrogens with one attached hydrogen (secondary N) is 1. The van der Waals surface area contributed by atoms with Crippen molar-refractivity contribution in [3.8, 4) is 5.69 Å². The molecule has 2 aromatic rings. The highest BCUT2D eigenvalue weighted by Gasteiger charge is 2.31. The van der Waals surface area contributed by atoms with Gasteiger partial charge in [0, 0.05) is 29.7 Å². The van der Waals surface area contributed by atoms with Gasteiger partial charge in [0.25, 0.3) is 5.56 Å². The molecule has 1 aromatic carbocycles. The van der Waals surface area contributed by atoms with Gasteiger partial charge >= 0.3 is 0 Å². The first-order valence-electron chi connectivity index (χ1n) is 7.07. The van der Waals surface area contributed by atoms with Crippen molar-refractivity contribution < 1.29 is 9.53 Å². The number of rotatable bonds is 3. The molecule has 2 unspecified atom stereocenters. The van der Waals surface area contributed by atoms with Crippen LogP contribution in [-0.2, 0) is 9.53 Å². The fourth-order valence-electron chi connectivity index (χ4n) is 2.42. The van der Waals surface area contributed by atoms with Crippen LogP contribution in [0.4, 0.5) is 5.69 Å². The summed E-state index contributed by atoms with van der Waals surface area (Å²) in [6, 6.07) is 11.8. The zero-order chi connectivity index (χ0) is 15.5. The molecule has 1 fully saturated rings. The van der Waals surface area contributed by atoms with Crippen LogP contribution in [0, 0.1) is 5.92 Å². The van der Waals surface area contributed by atoms with Crippen molar-refractivity contribution in [2.45, 2.75) is 6.04 Å². The monoisotopic (exact) mass is 299 g/mol. The Labute approximate surface area is 127 Å². The lowest BCUT2D eigenvalue weighted by Gasteiger charge is -2.13. The van der Waals surface area contributed by atoms with E-state index in [1.807, 2.05) is 0 Å². The molecule has 3 rings (SSSR count). The first-order chi connectivity index (χ1) is 10.6. The molecule has 22 heavy (non-hydrogen) atoms. The van der Waals surface area contributed by atoms with Gasteiger partial charge in [0.05, 0.1) is 19.1 Å². The summed E-state index contributed by atoms with van der Waals surface area (Å²) in [5, 5.41) is 2.82. The van der Waals surface area contributed by atoms with Gasteiger partial charge in [-0.2, -0.15) is 0 Å². The highest BCUT2D eigenvalue weighted by Crippen LogP contribution is 2.16. The van der Waals surface area contributed by atoms with E-state index >= 15 is 0 Å². The molecule has 1 aromatic heterocycles. The largest absolute Gasteiger partial charge is 0.379 e. The number of benzene rings is 1. The number of hydrogen-bond acceptors (Lipinski definition) is 4. The lowest BCUT2D eigenvalue weighted by molar-refractivity contribution is -0.120. The number of nitrogens with zero attached hydrogens (tertiary/aromatic N) is 1. The van der Waals surface area contributed by atoms with Crippen molar-refractivity contribution in [3.63, 3.8) is 0 Å². The van der Waals surface area contributed by atoms with Crippen LogP contribution in [0.5, 0.6) is 0 Å². The quantitative estimate of drug-likeness (QED) is 0.875. The average Bonchev–Trinajstić information content (AvgIpc) is 2.95. The van der Waals surface area contributed by atoms with Crippen molar-refractivity contribution in [2.75, 3.05) is 18.5 Å². The van der Waals surface area contributed by atoms with Gasteiger partial charge in [0.15, 0.2) is 0 Å². The third kappa shape index (κ3) is 2.93. The van der Waals surface area contributed by atoms with E-state index in [-0.39, 0.29) is 23.4 Å². The molecule has 0 spiro atoms. The van der Waals surface area contributed by atoms with Gasteiger partial charge in [-0.25, -0.2) is 0 Å². The molecule has 6 nitrogen and oxygen atoms in total. The fourth-order valence-corrected chi connectivity index (χ4v) is 2.42. The summed E-state index contributed by atoms with van der Waals surface area (Å²) in [6.07, 6.45) is 1.70. The predicted molar refractivity (Wildman–Crippen MR) is 83.0 cm³/mol. The van der Waals surface area contributed by atoms with E-state index < -0.39 is 0 Å². The molecule has 1 amide bonds. The Hall–Kier alpha value is -2.44. The number of carbonyl (C=O) groups excluding carboxylic acids is 1. The summed E-state index contributed by atoms with van der Waals surface area (Å²) in [5.41, 5.74) is 7.13. The molecule has 1 aliphatic heterocycles. The van der Waals surface area contributed by atoms with E-state index in [9.17, 15) is 9.59 Å². The van der Waals surface area contributed by atoms with Crippen LogP contribution in [0.1, 0.15) is 0 Å². The number of anilines is 1. The van der Waals surface area contributed by atoms with E-state index in [1.54, 1.807) is 42.6 Å². The highest BCUT2D eigenvalue weighted by atomic mass is 16.5. The summed E-state index contributed by atoms with van der Waals surface area (Å²) in [5.74, 6) is -0.467. The van der Waals surface area contributed by atoms with Gasteiger partial charge in [0.1, 0.15) is 0 Å². The van der Waals surface area contributed by atoms with Crippen LogP contribution in [-0.4, -0.2) is 29.7 Å². The zero-order valence-electron chi connectivity index (χ0n) is 11.9. The molecule has 0 saturated carbocycles. The Morgan fingerprint density at radius 3 is 2.59 bits per heavy atom. The van der Waals surface area contributed by atoms with Crippen LogP contribution in [0.25, 0.3) is 5.69 Å². The Balaban J connectivity index is 1.73. The van der Waals surface area contributed by atoms with Crippen LogP contribution in [0.15, 0.2) is 53.5 Å². The minimum Gasteiger partial charge on any atom is -0.379 e. The topological polar surface area (TPSA) is 86.3 Å². The van der Waals surface area contributed by atoms with Crippen LogP contribution < -0.4 is 16.6 Å². The SMILES string of the molecule is NC1COCC1C(=O)Nc1ccc(-n2ccccc2=O)cc1. The van der Waals surface area contributed by atoms with Gasteiger partial charge in [-0.05, 0) is 30.3 Å². The third-order valence-electron chi connectivity index (χ3n) is 3.70. The standard InChI is InChI=1S/C16H17N3O3/c17-14-10-22-9-13(14)16(21)18-11-4-6-12(7-5-11)19-8-2-1-3-15(19)20/h1-8,13-14H,9-10,17H2,(H,18,21). The average molecular weight is 299 g/mol. The summed E-state index contributed by atoms with van der Waals surface area (Å²) in [7, 11) is 0. The van der Waals surface area contributed by atoms with E-state index in [0.29, 0.717) is 18.9 Å². The molecular formula is C16H17N3O3. The van der Waals surface area contributed by atoms with Gasteiger partial charge in [0.2, 0.25) is 5.91 Å². The molecule has 0 aliphatic carbocycles. The van der Waals surface area contributed by atoms with E-state index in [0.717, 1.165) is 5.69 Å². The summed E-state index contributed by atoms with van der Waals surface area (Å²) >= 11 is 0. The maximum Gasteiger partial charge on any atom is 0.255 e. The summed E-state index contributed by atoms with van der Waals surface area (Å²) in [4.78, 5) is 23.9. The van der Waals surface area contributed by atoms with E-state index in [2.05, 4.69) is 5.32 Å². The number of amides is 1. The number of carbonyl (C=O) groups is 1. The van der Waals surface area contributed by atoms with Crippen molar-refractivity contribution in [1.29, 1.82) is 0 Å². The first-order valence-corrected chi connectivity index (χ1v) is 7.07. The maximum atomic E-state index is 12.1. The molecule has 6 heteroatoms. The minimum absolute atomic E-state index is 0.103. The van der Waals surface area contributed by atoms with Crippen molar-refractivity contribution in [1.82, 2.24) is 4.57 Å². The Morgan fingerprint density at radius 1 is 1.18 bits per heavy atom. The molecule has 3 N–H and O–H groups in total. The lowest BCUT2D eigenvalue weighted by atomic mass is 10.0. The highest BCUT2D eigenvalue weighted by molar-refractivity contribution is 5.93. The maximum absolute atomic E-state index is 12.1. The molecule has 2 heterocycles. The summed E-state index contributed by atoms with van der Waals surface area (Å²) < 4.78 is 6.73. The van der Waals surface area contributed by atoms with Crippen LogP contribution >= 0.6 is 0 Å². The zero-order valence-corrected chi connectivity index (χ0v) is 11.9. The van der Waals surface area contributed by atoms with Crippen molar-refractivity contribution in [2.24, 2.45) is 11.7 Å². The molecule has 0 bridgehead atoms. The predicted octanol–water partition coefficient (Wildman–Crippen LogP) is 0.750. The van der Waals surface area contributed by atoms with E-state index in [1.165, 1.54) is 10.6 Å². The second-order valence-corrected chi connectivity index (χ2v) is 5.25. The smallest absolute Gasteiger partial charge is 0.255 e. The molecule has 1 aliphatic rings. The second kappa shape index (κ2) is 6.13. The molecule has 0 radical (unpaired) electrons. The van der Waals surface area contributed by atoms with Gasteiger partial charge < -0.3 is 15.8 Å². The summed E-state index contributed by atoms with van der Waals surface area (Å²) in [6.45, 7) is 0.762. The lowest BCUT2D eigenvalue weighted by Crippen LogP contribution is -2.37. The van der Waals surface area contributed by atoms with Crippen LogP contribution in [0.2, 0.25) is 0 Å². The second-order valence-electron chi connectivity index (χ2n) is 5.25. The van der Waals surface area contributed by atoms with E-state index in [4.69, 9.17) is 10.5 Å². The Bertz CT molecular complexity index is 724.